The van der Waals surface area contributed by atoms with Gasteiger partial charge in [0.05, 0.1) is 12.0 Å². The average Bonchev–Trinajstić information content (AvgIpc) is 3.28. The molecule has 28 heavy (non-hydrogen) atoms. The Hall–Kier alpha value is -2.29. The van der Waals surface area contributed by atoms with Gasteiger partial charge in [0.1, 0.15) is 0 Å². The summed E-state index contributed by atoms with van der Waals surface area (Å²) >= 11 is 1.24. The van der Waals surface area contributed by atoms with Crippen LogP contribution in [0.4, 0.5) is 0 Å². The molecule has 0 radical (unpaired) electrons. The molecule has 1 atom stereocenters. The summed E-state index contributed by atoms with van der Waals surface area (Å²) in [5, 5.41) is 8.91. The Kier molecular flexibility index (Phi) is 7.13. The number of hydrogen-bond donors (Lipinski definition) is 0. The number of thioether (sulfide) groups is 1. The molecule has 8 nitrogen and oxygen atoms in total. The van der Waals surface area contributed by atoms with Crippen molar-refractivity contribution in [2.75, 3.05) is 18.8 Å². The lowest BCUT2D eigenvalue weighted by Crippen LogP contribution is -2.40. The van der Waals surface area contributed by atoms with Crippen LogP contribution in [0.2, 0.25) is 0 Å². The highest BCUT2D eigenvalue weighted by Gasteiger charge is 2.25. The summed E-state index contributed by atoms with van der Waals surface area (Å²) in [6.45, 7) is 5.74. The number of esters is 1. The lowest BCUT2D eigenvalue weighted by atomic mass is 10.2. The second kappa shape index (κ2) is 9.77. The number of carbonyl (C=O) groups excluding carboxylic acids is 2. The van der Waals surface area contributed by atoms with Crippen LogP contribution >= 0.6 is 11.8 Å². The molecule has 1 fully saturated rings. The quantitative estimate of drug-likeness (QED) is 0.516. The first-order valence-corrected chi connectivity index (χ1v) is 10.7. The van der Waals surface area contributed by atoms with E-state index in [2.05, 4.69) is 10.2 Å². The van der Waals surface area contributed by atoms with Gasteiger partial charge in [0.15, 0.2) is 22.8 Å². The highest BCUT2D eigenvalue weighted by molar-refractivity contribution is 7.99. The standard InChI is InChI=1S/C19H26N4O4S/c1-3-23-17(15-9-8-12-26-15)20-21-19(23)28-13-16(24)27-14(2)18(25)22-10-6-4-5-7-11-22/h8-9,12,14H,3-7,10-11,13H2,1-2H3/t14-/m1/s1. The molecular weight excluding hydrogens is 380 g/mol. The van der Waals surface area contributed by atoms with Crippen molar-refractivity contribution in [1.82, 2.24) is 19.7 Å². The molecule has 1 aliphatic rings. The Morgan fingerprint density at radius 2 is 2.00 bits per heavy atom. The molecule has 0 bridgehead atoms. The van der Waals surface area contributed by atoms with Crippen LogP contribution in [0.1, 0.15) is 39.5 Å². The SMILES string of the molecule is CCn1c(SCC(=O)O[C@H](C)C(=O)N2CCCCCC2)nnc1-c1ccco1. The Balaban J connectivity index is 1.53. The monoisotopic (exact) mass is 406 g/mol. The third-order valence-corrected chi connectivity index (χ3v) is 5.61. The second-order valence-corrected chi connectivity index (χ2v) is 7.63. The molecule has 2 aromatic heterocycles. The van der Waals surface area contributed by atoms with E-state index in [-0.39, 0.29) is 11.7 Å². The maximum absolute atomic E-state index is 12.5. The Bertz CT molecular complexity index is 782. The molecule has 152 valence electrons. The smallest absolute Gasteiger partial charge is 0.317 e. The topological polar surface area (TPSA) is 90.5 Å². The van der Waals surface area contributed by atoms with Gasteiger partial charge in [0.2, 0.25) is 0 Å². The summed E-state index contributed by atoms with van der Waals surface area (Å²) < 4.78 is 12.6. The van der Waals surface area contributed by atoms with Gasteiger partial charge in [0, 0.05) is 19.6 Å². The number of ether oxygens (including phenoxy) is 1. The molecule has 2 aromatic rings. The lowest BCUT2D eigenvalue weighted by Gasteiger charge is -2.23. The van der Waals surface area contributed by atoms with Gasteiger partial charge < -0.3 is 14.1 Å². The summed E-state index contributed by atoms with van der Waals surface area (Å²) in [5.41, 5.74) is 0. The molecule has 3 heterocycles. The third-order valence-electron chi connectivity index (χ3n) is 4.67. The highest BCUT2D eigenvalue weighted by atomic mass is 32.2. The first-order chi connectivity index (χ1) is 13.6. The van der Waals surface area contributed by atoms with E-state index < -0.39 is 12.1 Å². The third kappa shape index (κ3) is 4.95. The zero-order valence-corrected chi connectivity index (χ0v) is 17.1. The number of aromatic nitrogens is 3. The van der Waals surface area contributed by atoms with Crippen LogP contribution in [-0.4, -0.2) is 56.5 Å². The van der Waals surface area contributed by atoms with Crippen molar-refractivity contribution in [1.29, 1.82) is 0 Å². The zero-order chi connectivity index (χ0) is 19.9. The van der Waals surface area contributed by atoms with Crippen molar-refractivity contribution >= 4 is 23.6 Å². The average molecular weight is 407 g/mol. The molecule has 9 heteroatoms. The molecule has 0 unspecified atom stereocenters. The fourth-order valence-corrected chi connectivity index (χ4v) is 4.01. The Morgan fingerprint density at radius 1 is 1.25 bits per heavy atom. The van der Waals surface area contributed by atoms with Crippen LogP contribution in [0.25, 0.3) is 11.6 Å². The van der Waals surface area contributed by atoms with Gasteiger partial charge in [-0.2, -0.15) is 0 Å². The zero-order valence-electron chi connectivity index (χ0n) is 16.3. The van der Waals surface area contributed by atoms with E-state index >= 15 is 0 Å². The minimum atomic E-state index is -0.770. The Labute approximate surface area is 168 Å². The number of furan rings is 1. The number of nitrogens with zero attached hydrogens (tertiary/aromatic N) is 4. The van der Waals surface area contributed by atoms with E-state index in [0.29, 0.717) is 23.3 Å². The van der Waals surface area contributed by atoms with E-state index in [0.717, 1.165) is 38.8 Å². The molecule has 0 saturated carbocycles. The predicted molar refractivity (Wildman–Crippen MR) is 105 cm³/mol. The number of likely N-dealkylation sites (tertiary alicyclic amines) is 1. The molecule has 1 aliphatic heterocycles. The van der Waals surface area contributed by atoms with Crippen LogP contribution < -0.4 is 0 Å². The van der Waals surface area contributed by atoms with E-state index in [1.165, 1.54) is 11.8 Å². The van der Waals surface area contributed by atoms with E-state index in [4.69, 9.17) is 9.15 Å². The molecule has 1 saturated heterocycles. The summed E-state index contributed by atoms with van der Waals surface area (Å²) in [5.74, 6) is 0.755. The van der Waals surface area contributed by atoms with E-state index in [9.17, 15) is 9.59 Å². The second-order valence-electron chi connectivity index (χ2n) is 6.69. The van der Waals surface area contributed by atoms with Gasteiger partial charge >= 0.3 is 5.97 Å². The summed E-state index contributed by atoms with van der Waals surface area (Å²) in [4.78, 5) is 26.5. The van der Waals surface area contributed by atoms with Crippen molar-refractivity contribution in [3.8, 4) is 11.6 Å². The number of amides is 1. The van der Waals surface area contributed by atoms with Crippen molar-refractivity contribution in [3.05, 3.63) is 18.4 Å². The predicted octanol–water partition coefficient (Wildman–Crippen LogP) is 2.98. The first kappa shape index (κ1) is 20.4. The summed E-state index contributed by atoms with van der Waals surface area (Å²) in [6.07, 6.45) is 5.12. The molecule has 0 aliphatic carbocycles. The largest absolute Gasteiger partial charge is 0.461 e. The molecule has 0 spiro atoms. The number of rotatable bonds is 7. The van der Waals surface area contributed by atoms with Crippen LogP contribution in [0.5, 0.6) is 0 Å². The summed E-state index contributed by atoms with van der Waals surface area (Å²) in [7, 11) is 0. The van der Waals surface area contributed by atoms with Gasteiger partial charge in [-0.25, -0.2) is 0 Å². The maximum Gasteiger partial charge on any atom is 0.317 e. The minimum absolute atomic E-state index is 0.0634. The van der Waals surface area contributed by atoms with E-state index in [1.54, 1.807) is 24.2 Å². The maximum atomic E-state index is 12.5. The van der Waals surface area contributed by atoms with Gasteiger partial charge in [-0.15, -0.1) is 10.2 Å². The number of carbonyl (C=O) groups is 2. The van der Waals surface area contributed by atoms with Crippen molar-refractivity contribution in [3.63, 3.8) is 0 Å². The van der Waals surface area contributed by atoms with E-state index in [1.807, 2.05) is 17.6 Å². The normalized spacial score (nSPS) is 15.9. The fraction of sp³-hybridized carbons (Fsp3) is 0.579. The highest BCUT2D eigenvalue weighted by Crippen LogP contribution is 2.24. The molecular formula is C19H26N4O4S. The molecule has 0 N–H and O–H groups in total. The molecule has 3 rings (SSSR count). The van der Waals surface area contributed by atoms with Gasteiger partial charge in [-0.05, 0) is 38.8 Å². The number of hydrogen-bond acceptors (Lipinski definition) is 7. The van der Waals surface area contributed by atoms with Crippen LogP contribution in [0, 0.1) is 0 Å². The fourth-order valence-electron chi connectivity index (χ4n) is 3.22. The molecule has 0 aromatic carbocycles. The lowest BCUT2D eigenvalue weighted by molar-refractivity contribution is -0.157. The minimum Gasteiger partial charge on any atom is -0.461 e. The van der Waals surface area contributed by atoms with Gasteiger partial charge in [0.25, 0.3) is 5.91 Å². The Morgan fingerprint density at radius 3 is 2.64 bits per heavy atom. The van der Waals surface area contributed by atoms with Crippen molar-refractivity contribution in [2.24, 2.45) is 0 Å². The van der Waals surface area contributed by atoms with Gasteiger partial charge in [-0.1, -0.05) is 24.6 Å². The van der Waals surface area contributed by atoms with Crippen LogP contribution in [0.3, 0.4) is 0 Å². The molecule has 1 amide bonds. The summed E-state index contributed by atoms with van der Waals surface area (Å²) in [6, 6.07) is 3.60. The van der Waals surface area contributed by atoms with Crippen molar-refractivity contribution < 1.29 is 18.7 Å². The first-order valence-electron chi connectivity index (χ1n) is 9.68. The van der Waals surface area contributed by atoms with Gasteiger partial charge in [-0.3, -0.25) is 14.2 Å². The van der Waals surface area contributed by atoms with Crippen molar-refractivity contribution in [2.45, 2.75) is 57.3 Å². The van der Waals surface area contributed by atoms with Crippen LogP contribution in [-0.2, 0) is 20.9 Å². The van der Waals surface area contributed by atoms with Crippen LogP contribution in [0.15, 0.2) is 28.0 Å².